The average molecular weight is 402 g/mol. The first-order valence-corrected chi connectivity index (χ1v) is 10.7. The number of hydrogen-bond donors (Lipinski definition) is 1. The highest BCUT2D eigenvalue weighted by atomic mass is 32.2. The number of methoxy groups -OCH3 is 1. The van der Waals surface area contributed by atoms with Crippen molar-refractivity contribution in [2.75, 3.05) is 29.5 Å². The van der Waals surface area contributed by atoms with Crippen molar-refractivity contribution in [2.45, 2.75) is 19.8 Å². The van der Waals surface area contributed by atoms with Crippen LogP contribution in [0.4, 0.5) is 11.4 Å². The minimum Gasteiger partial charge on any atom is -0.465 e. The summed E-state index contributed by atoms with van der Waals surface area (Å²) in [6.45, 7) is 2.24. The van der Waals surface area contributed by atoms with E-state index in [-0.39, 0.29) is 5.91 Å². The molecule has 0 aliphatic carbocycles. The van der Waals surface area contributed by atoms with Crippen LogP contribution < -0.4 is 9.62 Å². The Bertz CT molecular complexity index is 1050. The molecule has 148 valence electrons. The van der Waals surface area contributed by atoms with Crippen LogP contribution in [0.15, 0.2) is 36.4 Å². The van der Waals surface area contributed by atoms with Gasteiger partial charge in [-0.1, -0.05) is 0 Å². The third-order valence-electron chi connectivity index (χ3n) is 4.71. The number of fused-ring (bicyclic) bond motifs is 1. The standard InChI is InChI=1S/C20H22N2O5S/c1-13-11-16(20(24)27-2)6-8-17(13)21-19(23)15-7-9-18-14(12-15)5-4-10-22(18)28(3,25)26/h6-9,11-12H,4-5,10H2,1-3H3,(H,21,23). The number of carbonyl (C=O) groups excluding carboxylic acids is 2. The number of sulfonamides is 1. The van der Waals surface area contributed by atoms with E-state index in [0.717, 1.165) is 17.5 Å². The van der Waals surface area contributed by atoms with Crippen molar-refractivity contribution < 1.29 is 22.7 Å². The Morgan fingerprint density at radius 1 is 1.11 bits per heavy atom. The van der Waals surface area contributed by atoms with Gasteiger partial charge in [-0.05, 0) is 67.3 Å². The van der Waals surface area contributed by atoms with Crippen molar-refractivity contribution in [3.05, 3.63) is 58.7 Å². The van der Waals surface area contributed by atoms with Crippen LogP contribution >= 0.6 is 0 Å². The van der Waals surface area contributed by atoms with Crippen molar-refractivity contribution >= 4 is 33.3 Å². The summed E-state index contributed by atoms with van der Waals surface area (Å²) in [5, 5.41) is 2.84. The molecule has 3 rings (SSSR count). The lowest BCUT2D eigenvalue weighted by molar-refractivity contribution is 0.0600. The number of nitrogens with zero attached hydrogens (tertiary/aromatic N) is 1. The third-order valence-corrected chi connectivity index (χ3v) is 5.89. The van der Waals surface area contributed by atoms with E-state index in [1.165, 1.54) is 17.7 Å². The zero-order valence-corrected chi connectivity index (χ0v) is 16.8. The van der Waals surface area contributed by atoms with E-state index in [4.69, 9.17) is 4.74 Å². The zero-order chi connectivity index (χ0) is 20.5. The Morgan fingerprint density at radius 2 is 1.82 bits per heavy atom. The first kappa shape index (κ1) is 19.9. The molecule has 1 amide bonds. The molecule has 1 heterocycles. The molecule has 0 saturated heterocycles. The number of esters is 1. The lowest BCUT2D eigenvalue weighted by Gasteiger charge is -2.29. The topological polar surface area (TPSA) is 92.8 Å². The maximum atomic E-state index is 12.7. The monoisotopic (exact) mass is 402 g/mol. The van der Waals surface area contributed by atoms with Gasteiger partial charge < -0.3 is 10.1 Å². The third kappa shape index (κ3) is 4.01. The van der Waals surface area contributed by atoms with Crippen LogP contribution in [0, 0.1) is 6.92 Å². The highest BCUT2D eigenvalue weighted by Crippen LogP contribution is 2.30. The normalized spacial score (nSPS) is 13.6. The van der Waals surface area contributed by atoms with Gasteiger partial charge in [-0.3, -0.25) is 9.10 Å². The average Bonchev–Trinajstić information content (AvgIpc) is 2.67. The molecule has 7 nitrogen and oxygen atoms in total. The summed E-state index contributed by atoms with van der Waals surface area (Å²) < 4.78 is 30.0. The fraction of sp³-hybridized carbons (Fsp3) is 0.300. The minimum absolute atomic E-state index is 0.298. The van der Waals surface area contributed by atoms with Crippen LogP contribution in [0.5, 0.6) is 0 Å². The van der Waals surface area contributed by atoms with Crippen LogP contribution in [0.1, 0.15) is 38.3 Å². The Morgan fingerprint density at radius 3 is 2.46 bits per heavy atom. The Hall–Kier alpha value is -2.87. The van der Waals surface area contributed by atoms with Crippen molar-refractivity contribution in [2.24, 2.45) is 0 Å². The fourth-order valence-electron chi connectivity index (χ4n) is 3.29. The van der Waals surface area contributed by atoms with Gasteiger partial charge in [-0.2, -0.15) is 0 Å². The van der Waals surface area contributed by atoms with Gasteiger partial charge in [-0.25, -0.2) is 13.2 Å². The van der Waals surface area contributed by atoms with E-state index in [2.05, 4.69) is 5.32 Å². The second-order valence-electron chi connectivity index (χ2n) is 6.76. The first-order chi connectivity index (χ1) is 13.2. The summed E-state index contributed by atoms with van der Waals surface area (Å²) in [5.41, 5.74) is 3.65. The van der Waals surface area contributed by atoms with Crippen molar-refractivity contribution in [1.29, 1.82) is 0 Å². The van der Waals surface area contributed by atoms with Crippen LogP contribution in [-0.2, 0) is 21.2 Å². The van der Waals surface area contributed by atoms with Crippen LogP contribution in [0.3, 0.4) is 0 Å². The summed E-state index contributed by atoms with van der Waals surface area (Å²) >= 11 is 0. The second-order valence-corrected chi connectivity index (χ2v) is 8.66. The smallest absolute Gasteiger partial charge is 0.337 e. The number of anilines is 2. The first-order valence-electron chi connectivity index (χ1n) is 8.81. The molecule has 0 aromatic heterocycles. The molecule has 0 fully saturated rings. The van der Waals surface area contributed by atoms with Crippen LogP contribution in [0.25, 0.3) is 0 Å². The Balaban J connectivity index is 1.83. The second kappa shape index (κ2) is 7.63. The number of ether oxygens (including phenoxy) is 1. The number of amides is 1. The number of rotatable bonds is 4. The molecule has 0 radical (unpaired) electrons. The van der Waals surface area contributed by atoms with Gasteiger partial charge in [0.1, 0.15) is 0 Å². The molecule has 2 aromatic rings. The summed E-state index contributed by atoms with van der Waals surface area (Å²) in [5.74, 6) is -0.737. The van der Waals surface area contributed by atoms with Gasteiger partial charge in [0, 0.05) is 17.8 Å². The Kier molecular flexibility index (Phi) is 5.42. The molecule has 0 saturated carbocycles. The maximum Gasteiger partial charge on any atom is 0.337 e. The van der Waals surface area contributed by atoms with Crippen molar-refractivity contribution in [3.63, 3.8) is 0 Å². The Labute approximate surface area is 164 Å². The number of benzene rings is 2. The predicted octanol–water partition coefficient (Wildman–Crippen LogP) is 2.75. The van der Waals surface area contributed by atoms with Crippen molar-refractivity contribution in [1.82, 2.24) is 0 Å². The molecule has 1 aliphatic heterocycles. The van der Waals surface area contributed by atoms with Crippen LogP contribution in [0.2, 0.25) is 0 Å². The molecule has 0 unspecified atom stereocenters. The zero-order valence-electron chi connectivity index (χ0n) is 16.0. The lowest BCUT2D eigenvalue weighted by Crippen LogP contribution is -2.34. The summed E-state index contributed by atoms with van der Waals surface area (Å²) in [6.07, 6.45) is 2.61. The van der Waals surface area contributed by atoms with Gasteiger partial charge in [0.05, 0.1) is 24.6 Å². The van der Waals surface area contributed by atoms with E-state index in [9.17, 15) is 18.0 Å². The molecule has 28 heavy (non-hydrogen) atoms. The van der Waals surface area contributed by atoms with Gasteiger partial charge in [0.2, 0.25) is 10.0 Å². The molecule has 1 N–H and O–H groups in total. The number of hydrogen-bond acceptors (Lipinski definition) is 5. The molecular formula is C20H22N2O5S. The molecule has 0 atom stereocenters. The van der Waals surface area contributed by atoms with E-state index < -0.39 is 16.0 Å². The highest BCUT2D eigenvalue weighted by molar-refractivity contribution is 7.92. The van der Waals surface area contributed by atoms with Crippen LogP contribution in [-0.4, -0.2) is 40.2 Å². The van der Waals surface area contributed by atoms with Gasteiger partial charge in [-0.15, -0.1) is 0 Å². The summed E-state index contributed by atoms with van der Waals surface area (Å²) in [4.78, 5) is 24.3. The fourth-order valence-corrected chi connectivity index (χ4v) is 4.29. The largest absolute Gasteiger partial charge is 0.465 e. The van der Waals surface area contributed by atoms with E-state index in [1.54, 1.807) is 43.3 Å². The number of nitrogens with one attached hydrogen (secondary N) is 1. The SMILES string of the molecule is COC(=O)c1ccc(NC(=O)c2ccc3c(c2)CCCN3S(C)(=O)=O)c(C)c1. The van der Waals surface area contributed by atoms with Crippen molar-refractivity contribution in [3.8, 4) is 0 Å². The van der Waals surface area contributed by atoms with Gasteiger partial charge >= 0.3 is 5.97 Å². The summed E-state index contributed by atoms with van der Waals surface area (Å²) in [7, 11) is -2.03. The van der Waals surface area contributed by atoms with Gasteiger partial charge in [0.25, 0.3) is 5.91 Å². The van der Waals surface area contributed by atoms with Gasteiger partial charge in [0.15, 0.2) is 0 Å². The number of aryl methyl sites for hydroxylation is 2. The molecular weight excluding hydrogens is 380 g/mol. The predicted molar refractivity (Wildman–Crippen MR) is 107 cm³/mol. The molecule has 0 spiro atoms. The number of carbonyl (C=O) groups is 2. The quantitative estimate of drug-likeness (QED) is 0.794. The van der Waals surface area contributed by atoms with E-state index >= 15 is 0 Å². The van der Waals surface area contributed by atoms with E-state index in [1.807, 2.05) is 0 Å². The maximum absolute atomic E-state index is 12.7. The molecule has 8 heteroatoms. The molecule has 2 aromatic carbocycles. The highest BCUT2D eigenvalue weighted by Gasteiger charge is 2.24. The minimum atomic E-state index is -3.34. The lowest BCUT2D eigenvalue weighted by atomic mass is 10.0. The molecule has 1 aliphatic rings. The summed E-state index contributed by atoms with van der Waals surface area (Å²) in [6, 6.07) is 9.93. The van der Waals surface area contributed by atoms with E-state index in [0.29, 0.717) is 35.5 Å². The molecule has 0 bridgehead atoms.